The van der Waals surface area contributed by atoms with Crippen molar-refractivity contribution < 1.29 is 27.1 Å². The summed E-state index contributed by atoms with van der Waals surface area (Å²) in [5.74, 6) is -1.22. The molecule has 8 nitrogen and oxygen atoms in total. The lowest BCUT2D eigenvalue weighted by Gasteiger charge is -2.25. The van der Waals surface area contributed by atoms with Crippen LogP contribution in [0.15, 0.2) is 53.5 Å². The van der Waals surface area contributed by atoms with E-state index in [4.69, 9.17) is 4.74 Å². The molecule has 2 amide bonds. The van der Waals surface area contributed by atoms with Gasteiger partial charge in [0.05, 0.1) is 17.5 Å². The number of ether oxygens (including phenoxy) is 1. The van der Waals surface area contributed by atoms with Gasteiger partial charge in [0.1, 0.15) is 17.5 Å². The number of rotatable bonds is 5. The molecule has 0 unspecified atom stereocenters. The van der Waals surface area contributed by atoms with Gasteiger partial charge in [0.2, 0.25) is 0 Å². The summed E-state index contributed by atoms with van der Waals surface area (Å²) >= 11 is 1.19. The molecule has 2 fully saturated rings. The Hall–Kier alpha value is -2.92. The molecule has 11 heteroatoms. The van der Waals surface area contributed by atoms with Gasteiger partial charge in [-0.1, -0.05) is 48.2 Å². The van der Waals surface area contributed by atoms with Crippen LogP contribution in [0.25, 0.3) is 0 Å². The number of thioether (sulfide) groups is 1. The lowest BCUT2D eigenvalue weighted by atomic mass is 10.1. The smallest absolute Gasteiger partial charge is 0.408 e. The number of hydrogen-bond donors (Lipinski definition) is 1. The van der Waals surface area contributed by atoms with E-state index in [9.17, 15) is 22.4 Å². The molecule has 2 saturated heterocycles. The molecule has 0 aliphatic carbocycles. The lowest BCUT2D eigenvalue weighted by molar-refractivity contribution is -0.119. The monoisotopic (exact) mass is 547 g/mol. The van der Waals surface area contributed by atoms with Gasteiger partial charge < -0.3 is 15.0 Å². The van der Waals surface area contributed by atoms with E-state index in [2.05, 4.69) is 10.3 Å². The van der Waals surface area contributed by atoms with Gasteiger partial charge >= 0.3 is 6.09 Å². The largest absolute Gasteiger partial charge is 0.444 e. The summed E-state index contributed by atoms with van der Waals surface area (Å²) in [5.41, 5.74) is 0.931. The van der Waals surface area contributed by atoms with Gasteiger partial charge in [-0.15, -0.1) is 0 Å². The molecule has 2 aliphatic heterocycles. The molecule has 37 heavy (non-hydrogen) atoms. The number of halogens is 1. The molecule has 0 radical (unpaired) electrons. The number of amides is 2. The van der Waals surface area contributed by atoms with Gasteiger partial charge in [-0.2, -0.15) is 4.99 Å². The van der Waals surface area contributed by atoms with E-state index in [-0.39, 0.29) is 28.3 Å². The Morgan fingerprint density at radius 1 is 1.19 bits per heavy atom. The second-order valence-corrected chi connectivity index (χ2v) is 13.6. The Kier molecular flexibility index (Phi) is 7.66. The summed E-state index contributed by atoms with van der Waals surface area (Å²) in [5, 5.41) is 2.57. The number of benzene rings is 2. The van der Waals surface area contributed by atoms with Gasteiger partial charge in [-0.3, -0.25) is 4.79 Å². The number of fused-ring (bicyclic) bond motifs is 1. The first kappa shape index (κ1) is 27.1. The minimum atomic E-state index is -3.28. The van der Waals surface area contributed by atoms with Crippen LogP contribution >= 0.6 is 11.8 Å². The summed E-state index contributed by atoms with van der Waals surface area (Å²) in [4.78, 5) is 32.0. The van der Waals surface area contributed by atoms with Crippen LogP contribution in [0, 0.1) is 12.7 Å². The van der Waals surface area contributed by atoms with Crippen molar-refractivity contribution >= 4 is 44.5 Å². The van der Waals surface area contributed by atoms with Crippen molar-refractivity contribution in [1.29, 1.82) is 0 Å². The van der Waals surface area contributed by atoms with Crippen LogP contribution in [0.2, 0.25) is 0 Å². The molecule has 0 aromatic heterocycles. The van der Waals surface area contributed by atoms with Crippen molar-refractivity contribution in [2.75, 3.05) is 16.4 Å². The summed E-state index contributed by atoms with van der Waals surface area (Å²) in [6.45, 7) is 6.81. The van der Waals surface area contributed by atoms with E-state index in [1.54, 1.807) is 44.7 Å². The molecule has 4 rings (SSSR count). The van der Waals surface area contributed by atoms with E-state index in [1.807, 2.05) is 30.3 Å². The van der Waals surface area contributed by atoms with Gasteiger partial charge in [0.25, 0.3) is 5.91 Å². The van der Waals surface area contributed by atoms with E-state index < -0.39 is 45.3 Å². The van der Waals surface area contributed by atoms with E-state index in [0.717, 1.165) is 5.56 Å². The van der Waals surface area contributed by atoms with Crippen LogP contribution < -0.4 is 10.2 Å². The molecule has 0 saturated carbocycles. The molecular formula is C26H30FN3O5S2. The minimum absolute atomic E-state index is 0.0516. The number of aryl methyl sites for hydroxylation is 1. The molecule has 0 spiro atoms. The normalized spacial score (nSPS) is 22.5. The number of carbonyl (C=O) groups excluding carboxylic acids is 2. The molecule has 198 valence electrons. The first-order chi connectivity index (χ1) is 17.3. The van der Waals surface area contributed by atoms with Crippen LogP contribution in [-0.2, 0) is 25.8 Å². The third kappa shape index (κ3) is 6.70. The van der Waals surface area contributed by atoms with E-state index in [0.29, 0.717) is 11.3 Å². The van der Waals surface area contributed by atoms with Crippen LogP contribution in [0.4, 0.5) is 14.9 Å². The number of amidine groups is 1. The minimum Gasteiger partial charge on any atom is -0.444 e. The number of carbonyl (C=O) groups is 2. The Bertz CT molecular complexity index is 1330. The number of hydrogen-bond acceptors (Lipinski definition) is 6. The highest BCUT2D eigenvalue weighted by molar-refractivity contribution is 8.16. The fourth-order valence-electron chi connectivity index (χ4n) is 4.27. The molecule has 2 aromatic rings. The molecule has 2 heterocycles. The summed E-state index contributed by atoms with van der Waals surface area (Å²) in [6, 6.07) is 12.3. The van der Waals surface area contributed by atoms with E-state index >= 15 is 0 Å². The Morgan fingerprint density at radius 3 is 2.54 bits per heavy atom. The fraction of sp³-hybridized carbons (Fsp3) is 0.423. The molecule has 2 aliphatic rings. The number of nitrogens with zero attached hydrogens (tertiary/aromatic N) is 2. The van der Waals surface area contributed by atoms with Crippen molar-refractivity contribution in [2.24, 2.45) is 4.99 Å². The zero-order chi connectivity index (χ0) is 27.0. The highest BCUT2D eigenvalue weighted by atomic mass is 32.2. The maximum Gasteiger partial charge on any atom is 0.408 e. The molecule has 1 N–H and O–H groups in total. The third-order valence-electron chi connectivity index (χ3n) is 5.98. The van der Waals surface area contributed by atoms with E-state index in [1.165, 1.54) is 17.8 Å². The standard InChI is InChI=1S/C26H30FN3O5S2/c1-16-10-11-18(13-19(16)27)30-21-14-37(33,34)15-22(21)36-24(30)29-23(31)20(12-17-8-6-5-7-9-17)28-25(32)35-26(2,3)4/h5-11,13,20-22H,12,14-15H2,1-4H3,(H,28,32)/t20-,21+,22-/m0/s1. The second kappa shape index (κ2) is 10.4. The molecule has 3 atom stereocenters. The maximum atomic E-state index is 14.4. The van der Waals surface area contributed by atoms with Gasteiger partial charge in [0, 0.05) is 17.4 Å². The van der Waals surface area contributed by atoms with Crippen molar-refractivity contribution in [3.63, 3.8) is 0 Å². The Morgan fingerprint density at radius 2 is 1.89 bits per heavy atom. The second-order valence-electron chi connectivity index (χ2n) is 10.2. The van der Waals surface area contributed by atoms with Crippen molar-refractivity contribution in [3.8, 4) is 0 Å². The van der Waals surface area contributed by atoms with Gasteiger partial charge in [-0.25, -0.2) is 17.6 Å². The number of nitrogens with one attached hydrogen (secondary N) is 1. The molecule has 0 bridgehead atoms. The zero-order valence-corrected chi connectivity index (χ0v) is 22.7. The number of anilines is 1. The summed E-state index contributed by atoms with van der Waals surface area (Å²) in [7, 11) is -3.28. The number of sulfone groups is 1. The lowest BCUT2D eigenvalue weighted by Crippen LogP contribution is -2.45. The van der Waals surface area contributed by atoms with Gasteiger partial charge in [0.15, 0.2) is 15.0 Å². The summed E-state index contributed by atoms with van der Waals surface area (Å²) in [6.07, 6.45) is -0.567. The Labute approximate surface area is 220 Å². The van der Waals surface area contributed by atoms with Crippen LogP contribution in [0.5, 0.6) is 0 Å². The van der Waals surface area contributed by atoms with Crippen LogP contribution in [-0.4, -0.2) is 60.0 Å². The van der Waals surface area contributed by atoms with Crippen molar-refractivity contribution in [2.45, 2.75) is 57.1 Å². The topological polar surface area (TPSA) is 105 Å². The third-order valence-corrected chi connectivity index (χ3v) is 9.19. The first-order valence-electron chi connectivity index (χ1n) is 11.9. The predicted molar refractivity (Wildman–Crippen MR) is 143 cm³/mol. The zero-order valence-electron chi connectivity index (χ0n) is 21.1. The average molecular weight is 548 g/mol. The van der Waals surface area contributed by atoms with Crippen molar-refractivity contribution in [1.82, 2.24) is 5.32 Å². The average Bonchev–Trinajstić information content (AvgIpc) is 3.25. The first-order valence-corrected chi connectivity index (χ1v) is 14.6. The van der Waals surface area contributed by atoms with Crippen molar-refractivity contribution in [3.05, 3.63) is 65.5 Å². The Balaban J connectivity index is 1.66. The SMILES string of the molecule is Cc1ccc(N2C(=NC(=O)[C@H](Cc3ccccc3)NC(=O)OC(C)(C)C)S[C@H]3CS(=O)(=O)C[C@H]32)cc1F. The highest BCUT2D eigenvalue weighted by Gasteiger charge is 2.49. The van der Waals surface area contributed by atoms with Gasteiger partial charge in [-0.05, 0) is 51.0 Å². The number of alkyl carbamates (subject to hydrolysis) is 1. The number of aliphatic imine (C=N–C) groups is 1. The van der Waals surface area contributed by atoms with Crippen LogP contribution in [0.1, 0.15) is 31.9 Å². The predicted octanol–water partition coefficient (Wildman–Crippen LogP) is 3.87. The molecular weight excluding hydrogens is 517 g/mol. The molecule has 2 aromatic carbocycles. The van der Waals surface area contributed by atoms with Crippen LogP contribution in [0.3, 0.4) is 0 Å². The quantitative estimate of drug-likeness (QED) is 0.606. The maximum absolute atomic E-state index is 14.4. The summed E-state index contributed by atoms with van der Waals surface area (Å²) < 4.78 is 44.5. The highest BCUT2D eigenvalue weighted by Crippen LogP contribution is 2.41. The fourth-order valence-corrected chi connectivity index (χ4v) is 8.19.